The van der Waals surface area contributed by atoms with Crippen molar-refractivity contribution in [1.29, 1.82) is 0 Å². The highest BCUT2D eigenvalue weighted by atomic mass is 16.4. The summed E-state index contributed by atoms with van der Waals surface area (Å²) in [5.74, 6) is -1.61. The Hall–Kier alpha value is -1.85. The van der Waals surface area contributed by atoms with Gasteiger partial charge in [0.25, 0.3) is 5.91 Å². The van der Waals surface area contributed by atoms with E-state index in [1.165, 1.54) is 4.68 Å². The van der Waals surface area contributed by atoms with E-state index in [2.05, 4.69) is 10.4 Å². The summed E-state index contributed by atoms with van der Waals surface area (Å²) in [6.45, 7) is 0. The smallest absolute Gasteiger partial charge is 0.308 e. The van der Waals surface area contributed by atoms with Crippen LogP contribution in [0.1, 0.15) is 29.8 Å². The molecule has 2 unspecified atom stereocenters. The molecular weight excluding hydrogens is 222 g/mol. The first-order chi connectivity index (χ1) is 8.08. The summed E-state index contributed by atoms with van der Waals surface area (Å²) in [6.07, 6.45) is 3.86. The fourth-order valence-electron chi connectivity index (χ4n) is 2.21. The van der Waals surface area contributed by atoms with Gasteiger partial charge in [-0.25, -0.2) is 0 Å². The van der Waals surface area contributed by atoms with Crippen molar-refractivity contribution < 1.29 is 14.7 Å². The maximum atomic E-state index is 11.8. The second-order valence-corrected chi connectivity index (χ2v) is 4.33. The molecule has 0 bridgehead atoms. The highest BCUT2D eigenvalue weighted by Gasteiger charge is 2.34. The molecule has 2 rings (SSSR count). The molecule has 1 saturated carbocycles. The fourth-order valence-corrected chi connectivity index (χ4v) is 2.21. The van der Waals surface area contributed by atoms with E-state index in [-0.39, 0.29) is 11.9 Å². The number of carbonyl (C=O) groups excluding carboxylic acids is 1. The molecule has 1 aliphatic carbocycles. The first-order valence-electron chi connectivity index (χ1n) is 5.61. The second-order valence-electron chi connectivity index (χ2n) is 4.33. The molecule has 6 nitrogen and oxygen atoms in total. The van der Waals surface area contributed by atoms with Crippen molar-refractivity contribution in [3.8, 4) is 0 Å². The largest absolute Gasteiger partial charge is 0.481 e. The number of hydrogen-bond donors (Lipinski definition) is 2. The van der Waals surface area contributed by atoms with E-state index in [1.807, 2.05) is 0 Å². The Labute approximate surface area is 98.6 Å². The van der Waals surface area contributed by atoms with Gasteiger partial charge in [0, 0.05) is 19.3 Å². The minimum Gasteiger partial charge on any atom is -0.481 e. The SMILES string of the molecule is Cn1ccc(C(=O)NC2CCCC2C(=O)O)n1. The van der Waals surface area contributed by atoms with E-state index < -0.39 is 11.9 Å². The van der Waals surface area contributed by atoms with Crippen molar-refractivity contribution in [1.82, 2.24) is 15.1 Å². The lowest BCUT2D eigenvalue weighted by atomic mass is 10.0. The molecular formula is C11H15N3O3. The molecule has 1 aromatic heterocycles. The highest BCUT2D eigenvalue weighted by Crippen LogP contribution is 2.25. The molecule has 0 saturated heterocycles. The molecule has 6 heteroatoms. The van der Waals surface area contributed by atoms with Gasteiger partial charge in [0.15, 0.2) is 0 Å². The van der Waals surface area contributed by atoms with Crippen LogP contribution in [0, 0.1) is 5.92 Å². The number of carboxylic acids is 1. The number of hydrogen-bond acceptors (Lipinski definition) is 3. The predicted molar refractivity (Wildman–Crippen MR) is 59.4 cm³/mol. The van der Waals surface area contributed by atoms with E-state index in [4.69, 9.17) is 5.11 Å². The Balaban J connectivity index is 2.01. The van der Waals surface area contributed by atoms with Crippen molar-refractivity contribution in [2.75, 3.05) is 0 Å². The van der Waals surface area contributed by atoms with Gasteiger partial charge in [-0.05, 0) is 18.9 Å². The maximum absolute atomic E-state index is 11.8. The van der Waals surface area contributed by atoms with Gasteiger partial charge in [-0.1, -0.05) is 6.42 Å². The van der Waals surface area contributed by atoms with Crippen LogP contribution in [0.15, 0.2) is 12.3 Å². The van der Waals surface area contributed by atoms with Crippen LogP contribution in [0.5, 0.6) is 0 Å². The molecule has 0 aliphatic heterocycles. The quantitative estimate of drug-likeness (QED) is 0.797. The minimum atomic E-state index is -0.839. The molecule has 17 heavy (non-hydrogen) atoms. The van der Waals surface area contributed by atoms with Crippen molar-refractivity contribution in [3.63, 3.8) is 0 Å². The lowest BCUT2D eigenvalue weighted by Gasteiger charge is -2.16. The summed E-state index contributed by atoms with van der Waals surface area (Å²) < 4.78 is 1.54. The van der Waals surface area contributed by atoms with Crippen LogP contribution >= 0.6 is 0 Å². The zero-order valence-corrected chi connectivity index (χ0v) is 9.59. The Morgan fingerprint density at radius 1 is 1.53 bits per heavy atom. The average molecular weight is 237 g/mol. The zero-order chi connectivity index (χ0) is 12.4. The van der Waals surface area contributed by atoms with Crippen molar-refractivity contribution in [2.45, 2.75) is 25.3 Å². The van der Waals surface area contributed by atoms with Gasteiger partial charge in [0.2, 0.25) is 0 Å². The molecule has 2 atom stereocenters. The van der Waals surface area contributed by atoms with Crippen LogP contribution in [-0.4, -0.2) is 32.8 Å². The predicted octanol–water partition coefficient (Wildman–Crippen LogP) is 0.403. The third kappa shape index (κ3) is 2.46. The molecule has 1 aliphatic rings. The number of aryl methyl sites for hydroxylation is 1. The molecule has 92 valence electrons. The Morgan fingerprint density at radius 3 is 2.88 bits per heavy atom. The number of nitrogens with one attached hydrogen (secondary N) is 1. The van der Waals surface area contributed by atoms with Crippen LogP contribution in [0.3, 0.4) is 0 Å². The van der Waals surface area contributed by atoms with Crippen LogP contribution < -0.4 is 5.32 Å². The van der Waals surface area contributed by atoms with E-state index in [0.29, 0.717) is 12.1 Å². The lowest BCUT2D eigenvalue weighted by molar-refractivity contribution is -0.142. The van der Waals surface area contributed by atoms with Crippen LogP contribution in [-0.2, 0) is 11.8 Å². The van der Waals surface area contributed by atoms with E-state index >= 15 is 0 Å². The standard InChI is InChI=1S/C11H15N3O3/c1-14-6-5-9(13-14)10(15)12-8-4-2-3-7(8)11(16)17/h5-8H,2-4H2,1H3,(H,12,15)(H,16,17). The number of aromatic nitrogens is 2. The van der Waals surface area contributed by atoms with Gasteiger partial charge in [-0.2, -0.15) is 5.10 Å². The van der Waals surface area contributed by atoms with Gasteiger partial charge in [0.05, 0.1) is 5.92 Å². The average Bonchev–Trinajstić information content (AvgIpc) is 2.86. The summed E-state index contributed by atoms with van der Waals surface area (Å²) in [7, 11) is 1.73. The summed E-state index contributed by atoms with van der Waals surface area (Å²) in [5.41, 5.74) is 0.323. The summed E-state index contributed by atoms with van der Waals surface area (Å²) in [4.78, 5) is 22.8. The minimum absolute atomic E-state index is 0.276. The van der Waals surface area contributed by atoms with E-state index in [1.54, 1.807) is 19.3 Å². The van der Waals surface area contributed by atoms with Gasteiger partial charge in [-0.3, -0.25) is 14.3 Å². The van der Waals surface area contributed by atoms with Crippen molar-refractivity contribution >= 4 is 11.9 Å². The second kappa shape index (κ2) is 4.57. The number of amides is 1. The number of rotatable bonds is 3. The van der Waals surface area contributed by atoms with Crippen LogP contribution in [0.25, 0.3) is 0 Å². The Bertz CT molecular complexity index is 441. The first kappa shape index (κ1) is 11.6. The third-order valence-electron chi connectivity index (χ3n) is 3.10. The molecule has 1 amide bonds. The molecule has 2 N–H and O–H groups in total. The van der Waals surface area contributed by atoms with Gasteiger partial charge >= 0.3 is 5.97 Å². The molecule has 0 radical (unpaired) electrons. The molecule has 0 aromatic carbocycles. The number of aliphatic carboxylic acids is 1. The van der Waals surface area contributed by atoms with E-state index in [0.717, 1.165) is 12.8 Å². The van der Waals surface area contributed by atoms with Crippen molar-refractivity contribution in [3.05, 3.63) is 18.0 Å². The van der Waals surface area contributed by atoms with Crippen LogP contribution in [0.4, 0.5) is 0 Å². The number of carboxylic acid groups (broad SMARTS) is 1. The summed E-state index contributed by atoms with van der Waals surface area (Å²) >= 11 is 0. The number of carbonyl (C=O) groups is 2. The Kier molecular flexibility index (Phi) is 3.12. The normalized spacial score (nSPS) is 23.6. The van der Waals surface area contributed by atoms with Crippen molar-refractivity contribution in [2.24, 2.45) is 13.0 Å². The highest BCUT2D eigenvalue weighted by molar-refractivity contribution is 5.92. The summed E-state index contributed by atoms with van der Waals surface area (Å²) in [6, 6.07) is 1.34. The van der Waals surface area contributed by atoms with Gasteiger partial charge in [-0.15, -0.1) is 0 Å². The first-order valence-corrected chi connectivity index (χ1v) is 5.61. The molecule has 1 heterocycles. The number of nitrogens with zero attached hydrogens (tertiary/aromatic N) is 2. The van der Waals surface area contributed by atoms with E-state index in [9.17, 15) is 9.59 Å². The van der Waals surface area contributed by atoms with Gasteiger partial charge in [0.1, 0.15) is 5.69 Å². The Morgan fingerprint density at radius 2 is 2.29 bits per heavy atom. The molecule has 0 spiro atoms. The van der Waals surface area contributed by atoms with Gasteiger partial charge < -0.3 is 10.4 Å². The topological polar surface area (TPSA) is 84.2 Å². The zero-order valence-electron chi connectivity index (χ0n) is 9.59. The molecule has 1 aromatic rings. The fraction of sp³-hybridized carbons (Fsp3) is 0.545. The lowest BCUT2D eigenvalue weighted by Crippen LogP contribution is -2.40. The maximum Gasteiger partial charge on any atom is 0.308 e. The van der Waals surface area contributed by atoms with Crippen LogP contribution in [0.2, 0.25) is 0 Å². The third-order valence-corrected chi connectivity index (χ3v) is 3.10. The monoisotopic (exact) mass is 237 g/mol. The molecule has 1 fully saturated rings. The summed E-state index contributed by atoms with van der Waals surface area (Å²) in [5, 5.41) is 15.7.